The van der Waals surface area contributed by atoms with Crippen LogP contribution in [0.1, 0.15) is 36.0 Å². The molecule has 1 aromatic carbocycles. The van der Waals surface area contributed by atoms with Crippen molar-refractivity contribution >= 4 is 28.5 Å². The smallest absolute Gasteiger partial charge is 0.253 e. The number of likely N-dealkylation sites (tertiary alicyclic amines) is 2. The van der Waals surface area contributed by atoms with Crippen molar-refractivity contribution in [3.8, 4) is 0 Å². The van der Waals surface area contributed by atoms with Gasteiger partial charge in [-0.1, -0.05) is 6.42 Å². The van der Waals surface area contributed by atoms with Crippen LogP contribution < -0.4 is 0 Å². The Morgan fingerprint density at radius 1 is 1.05 bits per heavy atom. The standard InChI is InChI=1S/C16H21IN2O/c17-14-6-4-13(5-7-14)16(20)19-11-8-15(12-19)18-9-2-1-3-10-18/h4-7,15H,1-3,8-12H2/t15-/m0/s1. The maximum Gasteiger partial charge on any atom is 0.253 e. The summed E-state index contributed by atoms with van der Waals surface area (Å²) in [5.74, 6) is 0.195. The predicted molar refractivity (Wildman–Crippen MR) is 88.9 cm³/mol. The third kappa shape index (κ3) is 3.17. The normalized spacial score (nSPS) is 24.1. The molecule has 2 aliphatic heterocycles. The fourth-order valence-electron chi connectivity index (χ4n) is 3.28. The zero-order valence-corrected chi connectivity index (χ0v) is 13.9. The molecule has 2 heterocycles. The quantitative estimate of drug-likeness (QED) is 0.732. The van der Waals surface area contributed by atoms with E-state index < -0.39 is 0 Å². The first-order valence-electron chi connectivity index (χ1n) is 7.53. The van der Waals surface area contributed by atoms with E-state index in [1.807, 2.05) is 29.2 Å². The van der Waals surface area contributed by atoms with Gasteiger partial charge in [-0.05, 0) is 79.2 Å². The average molecular weight is 384 g/mol. The summed E-state index contributed by atoms with van der Waals surface area (Å²) in [5.41, 5.74) is 0.824. The van der Waals surface area contributed by atoms with Gasteiger partial charge in [0, 0.05) is 28.3 Å². The number of hydrogen-bond acceptors (Lipinski definition) is 2. The van der Waals surface area contributed by atoms with Gasteiger partial charge in [0.05, 0.1) is 0 Å². The van der Waals surface area contributed by atoms with Crippen molar-refractivity contribution in [3.05, 3.63) is 33.4 Å². The lowest BCUT2D eigenvalue weighted by atomic mass is 10.1. The van der Waals surface area contributed by atoms with Crippen LogP contribution in [0.4, 0.5) is 0 Å². The molecule has 0 aromatic heterocycles. The summed E-state index contributed by atoms with van der Waals surface area (Å²) in [6.07, 6.45) is 5.15. The average Bonchev–Trinajstić information content (AvgIpc) is 2.98. The Balaban J connectivity index is 1.61. The van der Waals surface area contributed by atoms with Crippen LogP contribution in [0, 0.1) is 3.57 Å². The van der Waals surface area contributed by atoms with E-state index in [0.717, 1.165) is 25.1 Å². The molecular weight excluding hydrogens is 363 g/mol. The number of benzene rings is 1. The van der Waals surface area contributed by atoms with Gasteiger partial charge in [-0.3, -0.25) is 9.69 Å². The van der Waals surface area contributed by atoms with Gasteiger partial charge in [-0.15, -0.1) is 0 Å². The fraction of sp³-hybridized carbons (Fsp3) is 0.562. The molecule has 0 unspecified atom stereocenters. The summed E-state index contributed by atoms with van der Waals surface area (Å²) in [6, 6.07) is 8.48. The van der Waals surface area contributed by atoms with E-state index >= 15 is 0 Å². The Morgan fingerprint density at radius 2 is 1.75 bits per heavy atom. The molecule has 2 saturated heterocycles. The number of amides is 1. The van der Waals surface area contributed by atoms with Gasteiger partial charge in [0.25, 0.3) is 5.91 Å². The Kier molecular flexibility index (Phi) is 4.61. The number of piperidine rings is 1. The molecule has 0 bridgehead atoms. The summed E-state index contributed by atoms with van der Waals surface area (Å²) in [4.78, 5) is 17.1. The molecule has 20 heavy (non-hydrogen) atoms. The monoisotopic (exact) mass is 384 g/mol. The summed E-state index contributed by atoms with van der Waals surface area (Å²) in [5, 5.41) is 0. The van der Waals surface area contributed by atoms with Crippen LogP contribution in [0.3, 0.4) is 0 Å². The van der Waals surface area contributed by atoms with Gasteiger partial charge in [-0.2, -0.15) is 0 Å². The summed E-state index contributed by atoms with van der Waals surface area (Å²) in [6.45, 7) is 4.25. The van der Waals surface area contributed by atoms with Crippen LogP contribution in [0.2, 0.25) is 0 Å². The number of rotatable bonds is 2. The molecule has 2 aliphatic rings. The second kappa shape index (κ2) is 6.43. The Bertz CT molecular complexity index is 468. The second-order valence-corrected chi connectivity index (χ2v) is 7.04. The van der Waals surface area contributed by atoms with Crippen molar-refractivity contribution in [1.82, 2.24) is 9.80 Å². The minimum Gasteiger partial charge on any atom is -0.337 e. The van der Waals surface area contributed by atoms with Crippen molar-refractivity contribution in [2.24, 2.45) is 0 Å². The minimum atomic E-state index is 0.195. The van der Waals surface area contributed by atoms with Crippen LogP contribution in [0.15, 0.2) is 24.3 Å². The van der Waals surface area contributed by atoms with E-state index in [1.54, 1.807) is 0 Å². The minimum absolute atomic E-state index is 0.195. The molecular formula is C16H21IN2O. The van der Waals surface area contributed by atoms with Crippen LogP contribution >= 0.6 is 22.6 Å². The predicted octanol–water partition coefficient (Wildman–Crippen LogP) is 2.99. The highest BCUT2D eigenvalue weighted by atomic mass is 127. The molecule has 0 N–H and O–H groups in total. The Hall–Kier alpha value is -0.620. The van der Waals surface area contributed by atoms with E-state index in [4.69, 9.17) is 0 Å². The first-order chi connectivity index (χ1) is 9.74. The fourth-order valence-corrected chi connectivity index (χ4v) is 3.64. The van der Waals surface area contributed by atoms with Gasteiger partial charge < -0.3 is 4.90 Å². The van der Waals surface area contributed by atoms with Gasteiger partial charge in [-0.25, -0.2) is 0 Å². The zero-order chi connectivity index (χ0) is 13.9. The SMILES string of the molecule is O=C(c1ccc(I)cc1)N1CC[C@H](N2CCCCC2)C1. The van der Waals surface area contributed by atoms with Crippen LogP contribution in [-0.2, 0) is 0 Å². The highest BCUT2D eigenvalue weighted by Gasteiger charge is 2.31. The van der Waals surface area contributed by atoms with Crippen molar-refractivity contribution in [2.75, 3.05) is 26.2 Å². The number of nitrogens with zero attached hydrogens (tertiary/aromatic N) is 2. The van der Waals surface area contributed by atoms with E-state index in [1.165, 1.54) is 35.9 Å². The molecule has 108 valence electrons. The van der Waals surface area contributed by atoms with Gasteiger partial charge in [0.15, 0.2) is 0 Å². The number of carbonyl (C=O) groups excluding carboxylic acids is 1. The largest absolute Gasteiger partial charge is 0.337 e. The summed E-state index contributed by atoms with van der Waals surface area (Å²) in [7, 11) is 0. The summed E-state index contributed by atoms with van der Waals surface area (Å²) >= 11 is 2.27. The lowest BCUT2D eigenvalue weighted by Gasteiger charge is -2.32. The highest BCUT2D eigenvalue weighted by Crippen LogP contribution is 2.21. The molecule has 1 amide bonds. The Labute approximate surface area is 134 Å². The Morgan fingerprint density at radius 3 is 2.45 bits per heavy atom. The van der Waals surface area contributed by atoms with Crippen molar-refractivity contribution in [2.45, 2.75) is 31.7 Å². The molecule has 3 rings (SSSR count). The zero-order valence-electron chi connectivity index (χ0n) is 11.7. The highest BCUT2D eigenvalue weighted by molar-refractivity contribution is 14.1. The van der Waals surface area contributed by atoms with E-state index in [-0.39, 0.29) is 5.91 Å². The van der Waals surface area contributed by atoms with Crippen molar-refractivity contribution in [3.63, 3.8) is 0 Å². The van der Waals surface area contributed by atoms with E-state index in [0.29, 0.717) is 6.04 Å². The van der Waals surface area contributed by atoms with Crippen molar-refractivity contribution < 1.29 is 4.79 Å². The van der Waals surface area contributed by atoms with Crippen LogP contribution in [0.25, 0.3) is 0 Å². The molecule has 3 nitrogen and oxygen atoms in total. The van der Waals surface area contributed by atoms with Crippen molar-refractivity contribution in [1.29, 1.82) is 0 Å². The maximum atomic E-state index is 12.5. The second-order valence-electron chi connectivity index (χ2n) is 5.80. The lowest BCUT2D eigenvalue weighted by molar-refractivity contribution is 0.0771. The lowest BCUT2D eigenvalue weighted by Crippen LogP contribution is -2.41. The summed E-state index contributed by atoms with van der Waals surface area (Å²) < 4.78 is 1.17. The third-order valence-corrected chi connectivity index (χ3v) is 5.17. The van der Waals surface area contributed by atoms with Gasteiger partial charge in [0.2, 0.25) is 0 Å². The maximum absolute atomic E-state index is 12.5. The van der Waals surface area contributed by atoms with Crippen LogP contribution in [-0.4, -0.2) is 47.9 Å². The van der Waals surface area contributed by atoms with E-state index in [9.17, 15) is 4.79 Å². The van der Waals surface area contributed by atoms with Gasteiger partial charge >= 0.3 is 0 Å². The molecule has 0 radical (unpaired) electrons. The number of halogens is 1. The molecule has 4 heteroatoms. The van der Waals surface area contributed by atoms with E-state index in [2.05, 4.69) is 27.5 Å². The number of hydrogen-bond donors (Lipinski definition) is 0. The topological polar surface area (TPSA) is 23.6 Å². The third-order valence-electron chi connectivity index (χ3n) is 4.45. The first kappa shape index (κ1) is 14.3. The van der Waals surface area contributed by atoms with Gasteiger partial charge in [0.1, 0.15) is 0 Å². The molecule has 2 fully saturated rings. The molecule has 1 aromatic rings. The molecule has 1 atom stereocenters. The first-order valence-corrected chi connectivity index (χ1v) is 8.61. The number of carbonyl (C=O) groups is 1. The molecule has 0 spiro atoms. The van der Waals surface area contributed by atoms with Crippen LogP contribution in [0.5, 0.6) is 0 Å². The molecule has 0 saturated carbocycles. The molecule has 0 aliphatic carbocycles.